The van der Waals surface area contributed by atoms with Gasteiger partial charge in [0.05, 0.1) is 12.5 Å². The second-order valence-corrected chi connectivity index (χ2v) is 4.93. The zero-order valence-electron chi connectivity index (χ0n) is 9.29. The second kappa shape index (κ2) is 6.23. The molecule has 3 nitrogen and oxygen atoms in total. The van der Waals surface area contributed by atoms with Gasteiger partial charge in [-0.25, -0.2) is 0 Å². The van der Waals surface area contributed by atoms with Gasteiger partial charge < -0.3 is 10.6 Å². The van der Waals surface area contributed by atoms with Crippen molar-refractivity contribution < 1.29 is 4.79 Å². The molecule has 5 heteroatoms. The number of thiophene rings is 1. The lowest BCUT2D eigenvalue weighted by molar-refractivity contribution is -0.124. The SMILES string of the molecule is Cc1ccsc1CNC(=O)[C@H]1CCNC1.Cl. The Kier molecular flexibility index (Phi) is 5.25. The third-order valence-corrected chi connectivity index (χ3v) is 3.85. The normalized spacial score (nSPS) is 19.2. The summed E-state index contributed by atoms with van der Waals surface area (Å²) < 4.78 is 0. The van der Waals surface area contributed by atoms with Gasteiger partial charge in [-0.3, -0.25) is 4.79 Å². The van der Waals surface area contributed by atoms with Gasteiger partial charge in [0, 0.05) is 11.4 Å². The molecule has 1 aliphatic heterocycles. The van der Waals surface area contributed by atoms with Crippen molar-refractivity contribution in [1.29, 1.82) is 0 Å². The van der Waals surface area contributed by atoms with Gasteiger partial charge in [0.2, 0.25) is 5.91 Å². The quantitative estimate of drug-likeness (QED) is 0.869. The van der Waals surface area contributed by atoms with Gasteiger partial charge in [0.15, 0.2) is 0 Å². The third kappa shape index (κ3) is 3.20. The lowest BCUT2D eigenvalue weighted by atomic mass is 10.1. The molecule has 0 aliphatic carbocycles. The minimum atomic E-state index is 0. The zero-order chi connectivity index (χ0) is 10.7. The van der Waals surface area contributed by atoms with Crippen LogP contribution in [0.4, 0.5) is 0 Å². The first-order chi connectivity index (χ1) is 7.27. The molecule has 0 radical (unpaired) electrons. The van der Waals surface area contributed by atoms with E-state index in [0.717, 1.165) is 19.5 Å². The van der Waals surface area contributed by atoms with E-state index in [1.54, 1.807) is 11.3 Å². The Labute approximate surface area is 106 Å². The number of hydrogen-bond donors (Lipinski definition) is 2. The number of halogens is 1. The molecule has 1 amide bonds. The molecule has 1 aromatic rings. The fourth-order valence-corrected chi connectivity index (χ4v) is 2.62. The molecular formula is C11H17ClN2OS. The zero-order valence-corrected chi connectivity index (χ0v) is 10.9. The average Bonchev–Trinajstić information content (AvgIpc) is 2.85. The monoisotopic (exact) mass is 260 g/mol. The van der Waals surface area contributed by atoms with E-state index in [-0.39, 0.29) is 24.2 Å². The number of carbonyl (C=O) groups is 1. The van der Waals surface area contributed by atoms with Crippen LogP contribution in [0, 0.1) is 12.8 Å². The maximum Gasteiger partial charge on any atom is 0.224 e. The summed E-state index contributed by atoms with van der Waals surface area (Å²) in [7, 11) is 0. The summed E-state index contributed by atoms with van der Waals surface area (Å²) in [6.45, 7) is 4.55. The summed E-state index contributed by atoms with van der Waals surface area (Å²) in [6.07, 6.45) is 0.968. The van der Waals surface area contributed by atoms with Gasteiger partial charge in [0.1, 0.15) is 0 Å². The molecule has 16 heavy (non-hydrogen) atoms. The van der Waals surface area contributed by atoms with Crippen molar-refractivity contribution in [1.82, 2.24) is 10.6 Å². The second-order valence-electron chi connectivity index (χ2n) is 3.93. The van der Waals surface area contributed by atoms with Gasteiger partial charge in [-0.05, 0) is 36.9 Å². The Bertz CT molecular complexity index is 348. The van der Waals surface area contributed by atoms with Crippen LogP contribution >= 0.6 is 23.7 Å². The van der Waals surface area contributed by atoms with E-state index in [4.69, 9.17) is 0 Å². The highest BCUT2D eigenvalue weighted by Crippen LogP contribution is 2.15. The van der Waals surface area contributed by atoms with Crippen LogP contribution in [-0.4, -0.2) is 19.0 Å². The van der Waals surface area contributed by atoms with Crippen LogP contribution < -0.4 is 10.6 Å². The minimum absolute atomic E-state index is 0. The largest absolute Gasteiger partial charge is 0.351 e. The molecule has 90 valence electrons. The molecule has 1 fully saturated rings. The first-order valence-corrected chi connectivity index (χ1v) is 6.16. The molecule has 0 spiro atoms. The molecule has 0 aromatic carbocycles. The van der Waals surface area contributed by atoms with E-state index >= 15 is 0 Å². The molecule has 1 aliphatic rings. The number of amides is 1. The van der Waals surface area contributed by atoms with Crippen LogP contribution in [0.1, 0.15) is 16.9 Å². The molecule has 0 bridgehead atoms. The Morgan fingerprint density at radius 3 is 3.06 bits per heavy atom. The molecule has 2 rings (SSSR count). The van der Waals surface area contributed by atoms with Crippen LogP contribution in [-0.2, 0) is 11.3 Å². The van der Waals surface area contributed by atoms with Gasteiger partial charge in [0.25, 0.3) is 0 Å². The fraction of sp³-hybridized carbons (Fsp3) is 0.545. The Hall–Kier alpha value is -0.580. The van der Waals surface area contributed by atoms with Crippen LogP contribution in [0.5, 0.6) is 0 Å². The number of carbonyl (C=O) groups excluding carboxylic acids is 1. The van der Waals surface area contributed by atoms with Gasteiger partial charge >= 0.3 is 0 Å². The van der Waals surface area contributed by atoms with E-state index in [2.05, 4.69) is 29.0 Å². The number of nitrogens with one attached hydrogen (secondary N) is 2. The summed E-state index contributed by atoms with van der Waals surface area (Å²) in [5.41, 5.74) is 1.27. The average molecular weight is 261 g/mol. The first-order valence-electron chi connectivity index (χ1n) is 5.29. The summed E-state index contributed by atoms with van der Waals surface area (Å²) in [5.74, 6) is 0.359. The number of hydrogen-bond acceptors (Lipinski definition) is 3. The van der Waals surface area contributed by atoms with E-state index in [1.807, 2.05) is 0 Å². The molecule has 1 aromatic heterocycles. The number of rotatable bonds is 3. The van der Waals surface area contributed by atoms with E-state index in [0.29, 0.717) is 6.54 Å². The molecule has 0 saturated carbocycles. The molecular weight excluding hydrogens is 244 g/mol. The maximum absolute atomic E-state index is 11.7. The van der Waals surface area contributed by atoms with Crippen molar-refractivity contribution >= 4 is 29.7 Å². The number of aryl methyl sites for hydroxylation is 1. The van der Waals surface area contributed by atoms with E-state index in [1.165, 1.54) is 10.4 Å². The molecule has 1 atom stereocenters. The van der Waals surface area contributed by atoms with Crippen molar-refractivity contribution in [2.24, 2.45) is 5.92 Å². The standard InChI is InChI=1S/C11H16N2OS.ClH/c1-8-3-5-15-10(8)7-13-11(14)9-2-4-12-6-9;/h3,5,9,12H,2,4,6-7H2,1H3,(H,13,14);1H/t9-;/m0./s1. The summed E-state index contributed by atoms with van der Waals surface area (Å²) in [6, 6.07) is 2.09. The highest BCUT2D eigenvalue weighted by molar-refractivity contribution is 7.10. The van der Waals surface area contributed by atoms with Gasteiger partial charge in [-0.15, -0.1) is 23.7 Å². The molecule has 2 heterocycles. The Morgan fingerprint density at radius 2 is 2.50 bits per heavy atom. The van der Waals surface area contributed by atoms with Crippen molar-refractivity contribution in [3.8, 4) is 0 Å². The van der Waals surface area contributed by atoms with Crippen LogP contribution in [0.2, 0.25) is 0 Å². The summed E-state index contributed by atoms with van der Waals surface area (Å²) >= 11 is 1.70. The maximum atomic E-state index is 11.7. The Morgan fingerprint density at radius 1 is 1.69 bits per heavy atom. The fourth-order valence-electron chi connectivity index (χ4n) is 1.78. The molecule has 1 saturated heterocycles. The van der Waals surface area contributed by atoms with Crippen LogP contribution in [0.15, 0.2) is 11.4 Å². The lowest BCUT2D eigenvalue weighted by Crippen LogP contribution is -2.31. The minimum Gasteiger partial charge on any atom is -0.351 e. The van der Waals surface area contributed by atoms with Crippen LogP contribution in [0.3, 0.4) is 0 Å². The Balaban J connectivity index is 0.00000128. The van der Waals surface area contributed by atoms with Gasteiger partial charge in [-0.1, -0.05) is 0 Å². The highest BCUT2D eigenvalue weighted by Gasteiger charge is 2.21. The van der Waals surface area contributed by atoms with E-state index < -0.39 is 0 Å². The van der Waals surface area contributed by atoms with Crippen molar-refractivity contribution in [3.63, 3.8) is 0 Å². The first kappa shape index (κ1) is 13.5. The molecule has 2 N–H and O–H groups in total. The van der Waals surface area contributed by atoms with Gasteiger partial charge in [-0.2, -0.15) is 0 Å². The smallest absolute Gasteiger partial charge is 0.224 e. The predicted octanol–water partition coefficient (Wildman–Crippen LogP) is 1.70. The van der Waals surface area contributed by atoms with Crippen molar-refractivity contribution in [3.05, 3.63) is 21.9 Å². The summed E-state index contributed by atoms with van der Waals surface area (Å²) in [5, 5.41) is 8.26. The van der Waals surface area contributed by atoms with Crippen molar-refractivity contribution in [2.45, 2.75) is 19.9 Å². The highest BCUT2D eigenvalue weighted by atomic mass is 35.5. The van der Waals surface area contributed by atoms with Crippen molar-refractivity contribution in [2.75, 3.05) is 13.1 Å². The molecule has 0 unspecified atom stereocenters. The topological polar surface area (TPSA) is 41.1 Å². The van der Waals surface area contributed by atoms with Crippen LogP contribution in [0.25, 0.3) is 0 Å². The summed E-state index contributed by atoms with van der Waals surface area (Å²) in [4.78, 5) is 13.0. The van der Waals surface area contributed by atoms with E-state index in [9.17, 15) is 4.79 Å². The lowest BCUT2D eigenvalue weighted by Gasteiger charge is -2.09. The predicted molar refractivity (Wildman–Crippen MR) is 69.1 cm³/mol. The third-order valence-electron chi connectivity index (χ3n) is 2.82.